The Morgan fingerprint density at radius 2 is 2.35 bits per heavy atom. The normalized spacial score (nSPS) is 10.9. The van der Waals surface area contributed by atoms with Crippen LogP contribution >= 0.6 is 11.8 Å². The molecule has 0 spiro atoms. The monoisotopic (exact) mass is 295 g/mol. The number of pyridine rings is 1. The Morgan fingerprint density at radius 1 is 1.50 bits per heavy atom. The zero-order chi connectivity index (χ0) is 14.4. The Hall–Kier alpha value is -1.64. The van der Waals surface area contributed by atoms with Crippen LogP contribution in [0.15, 0.2) is 33.3 Å². The highest BCUT2D eigenvalue weighted by atomic mass is 32.2. The summed E-state index contributed by atoms with van der Waals surface area (Å²) in [7, 11) is 3.35. The molecule has 0 saturated carbocycles. The van der Waals surface area contributed by atoms with Gasteiger partial charge in [0, 0.05) is 33.4 Å². The number of methoxy groups -OCH3 is 1. The van der Waals surface area contributed by atoms with Crippen molar-refractivity contribution in [2.75, 3.05) is 20.3 Å². The predicted octanol–water partition coefficient (Wildman–Crippen LogP) is 0.391. The zero-order valence-electron chi connectivity index (χ0n) is 11.4. The summed E-state index contributed by atoms with van der Waals surface area (Å²) >= 11 is 1.34. The van der Waals surface area contributed by atoms with Crippen molar-refractivity contribution < 1.29 is 4.74 Å². The highest BCUT2D eigenvalue weighted by molar-refractivity contribution is 7.99. The van der Waals surface area contributed by atoms with Crippen molar-refractivity contribution in [2.45, 2.75) is 16.7 Å². The standard InChI is InChI=1S/C12H17N5O2S/c1-17-11(18)15-16-12(17)20-10-4-3-9(8-14-10)7-13-5-6-19-2/h3-4,8,13H,5-7H2,1-2H3,(H,15,18). The van der Waals surface area contributed by atoms with Gasteiger partial charge in [-0.1, -0.05) is 6.07 Å². The molecule has 108 valence electrons. The quantitative estimate of drug-likeness (QED) is 0.719. The van der Waals surface area contributed by atoms with Gasteiger partial charge >= 0.3 is 5.69 Å². The van der Waals surface area contributed by atoms with E-state index in [-0.39, 0.29) is 5.69 Å². The maximum atomic E-state index is 11.2. The van der Waals surface area contributed by atoms with Crippen LogP contribution in [-0.4, -0.2) is 40.0 Å². The minimum absolute atomic E-state index is 0.230. The molecule has 0 aliphatic heterocycles. The summed E-state index contributed by atoms with van der Waals surface area (Å²) in [5.74, 6) is 0. The Morgan fingerprint density at radius 3 is 2.95 bits per heavy atom. The number of rotatable bonds is 7. The SMILES string of the molecule is COCCNCc1ccc(Sc2n[nH]c(=O)n2C)nc1. The van der Waals surface area contributed by atoms with Crippen molar-refractivity contribution in [3.05, 3.63) is 34.4 Å². The Kier molecular flexibility index (Phi) is 5.33. The third kappa shape index (κ3) is 3.92. The highest BCUT2D eigenvalue weighted by Crippen LogP contribution is 2.22. The number of ether oxygens (including phenoxy) is 1. The van der Waals surface area contributed by atoms with Crippen LogP contribution in [0.25, 0.3) is 0 Å². The summed E-state index contributed by atoms with van der Waals surface area (Å²) in [5, 5.41) is 11.0. The van der Waals surface area contributed by atoms with Crippen LogP contribution < -0.4 is 11.0 Å². The number of H-pyrrole nitrogens is 1. The summed E-state index contributed by atoms with van der Waals surface area (Å²) in [4.78, 5) is 15.6. The molecular weight excluding hydrogens is 278 g/mol. The summed E-state index contributed by atoms with van der Waals surface area (Å²) < 4.78 is 6.41. The minimum Gasteiger partial charge on any atom is -0.383 e. The maximum Gasteiger partial charge on any atom is 0.343 e. The first kappa shape index (κ1) is 14.8. The summed E-state index contributed by atoms with van der Waals surface area (Å²) in [5.41, 5.74) is 0.868. The van der Waals surface area contributed by atoms with Gasteiger partial charge in [-0.05, 0) is 23.4 Å². The molecule has 0 radical (unpaired) electrons. The third-order valence-corrected chi connectivity index (χ3v) is 3.64. The molecule has 2 rings (SSSR count). The number of aromatic nitrogens is 4. The van der Waals surface area contributed by atoms with Gasteiger partial charge in [0.25, 0.3) is 0 Å². The van der Waals surface area contributed by atoms with E-state index in [2.05, 4.69) is 20.5 Å². The van der Waals surface area contributed by atoms with Crippen molar-refractivity contribution >= 4 is 11.8 Å². The number of aromatic amines is 1. The minimum atomic E-state index is -0.230. The van der Waals surface area contributed by atoms with Crippen molar-refractivity contribution in [1.82, 2.24) is 25.1 Å². The molecule has 0 amide bonds. The Bertz CT molecular complexity index is 593. The van der Waals surface area contributed by atoms with E-state index >= 15 is 0 Å². The number of nitrogens with zero attached hydrogens (tertiary/aromatic N) is 3. The molecule has 2 heterocycles. The molecule has 0 bridgehead atoms. The molecule has 20 heavy (non-hydrogen) atoms. The molecule has 0 aliphatic carbocycles. The first-order valence-electron chi connectivity index (χ1n) is 6.14. The third-order valence-electron chi connectivity index (χ3n) is 2.64. The number of nitrogens with one attached hydrogen (secondary N) is 2. The summed E-state index contributed by atoms with van der Waals surface area (Å²) in [6, 6.07) is 3.91. The van der Waals surface area contributed by atoms with Crippen LogP contribution in [0.5, 0.6) is 0 Å². The van der Waals surface area contributed by atoms with E-state index in [1.54, 1.807) is 14.2 Å². The molecule has 0 unspecified atom stereocenters. The van der Waals surface area contributed by atoms with Crippen molar-refractivity contribution in [2.24, 2.45) is 7.05 Å². The summed E-state index contributed by atoms with van der Waals surface area (Å²) in [6.07, 6.45) is 1.81. The summed E-state index contributed by atoms with van der Waals surface area (Å²) in [6.45, 7) is 2.25. The molecule has 2 aromatic rings. The van der Waals surface area contributed by atoms with Crippen molar-refractivity contribution in [1.29, 1.82) is 0 Å². The largest absolute Gasteiger partial charge is 0.383 e. The van der Waals surface area contributed by atoms with Crippen molar-refractivity contribution in [3.63, 3.8) is 0 Å². The van der Waals surface area contributed by atoms with Gasteiger partial charge in [0.15, 0.2) is 5.16 Å². The fourth-order valence-corrected chi connectivity index (χ4v) is 2.24. The average Bonchev–Trinajstić information content (AvgIpc) is 2.77. The van der Waals surface area contributed by atoms with Crippen LogP contribution in [0.3, 0.4) is 0 Å². The van der Waals surface area contributed by atoms with E-state index in [4.69, 9.17) is 4.74 Å². The van der Waals surface area contributed by atoms with Gasteiger partial charge in [0.05, 0.1) is 6.61 Å². The fraction of sp³-hybridized carbons (Fsp3) is 0.417. The van der Waals surface area contributed by atoms with Crippen LogP contribution in [0.2, 0.25) is 0 Å². The lowest BCUT2D eigenvalue weighted by Gasteiger charge is -2.04. The number of hydrogen-bond acceptors (Lipinski definition) is 6. The first-order valence-corrected chi connectivity index (χ1v) is 6.96. The molecule has 0 fully saturated rings. The molecule has 2 N–H and O–H groups in total. The molecular formula is C12H17N5O2S. The van der Waals surface area contributed by atoms with Gasteiger partial charge in [-0.15, -0.1) is 5.10 Å². The average molecular weight is 295 g/mol. The second-order valence-corrected chi connectivity index (χ2v) is 5.13. The van der Waals surface area contributed by atoms with Gasteiger partial charge in [-0.25, -0.2) is 14.9 Å². The lowest BCUT2D eigenvalue weighted by atomic mass is 10.3. The Balaban J connectivity index is 1.91. The molecule has 0 aliphatic rings. The van der Waals surface area contributed by atoms with Crippen LogP contribution in [0.1, 0.15) is 5.56 Å². The van der Waals surface area contributed by atoms with E-state index in [1.807, 2.05) is 18.3 Å². The van der Waals surface area contributed by atoms with E-state index < -0.39 is 0 Å². The van der Waals surface area contributed by atoms with Crippen LogP contribution in [0, 0.1) is 0 Å². The van der Waals surface area contributed by atoms with E-state index in [9.17, 15) is 4.79 Å². The van der Waals surface area contributed by atoms with Crippen LogP contribution in [-0.2, 0) is 18.3 Å². The zero-order valence-corrected chi connectivity index (χ0v) is 12.2. The molecule has 7 nitrogen and oxygen atoms in total. The molecule has 8 heteroatoms. The van der Waals surface area contributed by atoms with Gasteiger partial charge < -0.3 is 10.1 Å². The van der Waals surface area contributed by atoms with Crippen LogP contribution in [0.4, 0.5) is 0 Å². The van der Waals surface area contributed by atoms with Gasteiger partial charge in [0.1, 0.15) is 5.03 Å². The second kappa shape index (κ2) is 7.22. The van der Waals surface area contributed by atoms with E-state index in [0.29, 0.717) is 11.8 Å². The number of hydrogen-bond donors (Lipinski definition) is 2. The lowest BCUT2D eigenvalue weighted by molar-refractivity contribution is 0.199. The first-order chi connectivity index (χ1) is 9.70. The molecule has 0 saturated heterocycles. The lowest BCUT2D eigenvalue weighted by Crippen LogP contribution is -2.18. The Labute approximate surface area is 120 Å². The highest BCUT2D eigenvalue weighted by Gasteiger charge is 2.07. The van der Waals surface area contributed by atoms with Gasteiger partial charge in [-0.3, -0.25) is 4.57 Å². The van der Waals surface area contributed by atoms with Crippen molar-refractivity contribution in [3.8, 4) is 0 Å². The van der Waals surface area contributed by atoms with Gasteiger partial charge in [0.2, 0.25) is 0 Å². The van der Waals surface area contributed by atoms with E-state index in [0.717, 1.165) is 23.7 Å². The molecule has 0 atom stereocenters. The molecule has 2 aromatic heterocycles. The predicted molar refractivity (Wildman–Crippen MR) is 75.8 cm³/mol. The van der Waals surface area contributed by atoms with Gasteiger partial charge in [-0.2, -0.15) is 0 Å². The smallest absolute Gasteiger partial charge is 0.343 e. The topological polar surface area (TPSA) is 84.8 Å². The second-order valence-electron chi connectivity index (χ2n) is 4.15. The molecule has 0 aromatic carbocycles. The fourth-order valence-electron chi connectivity index (χ4n) is 1.50. The van der Waals surface area contributed by atoms with E-state index in [1.165, 1.54) is 16.3 Å². The maximum absolute atomic E-state index is 11.2.